The smallest absolute Gasteiger partial charge is 0.264 e. The number of rotatable bonds is 4. The Labute approximate surface area is 190 Å². The zero-order valence-electron chi connectivity index (χ0n) is 17.5. The summed E-state index contributed by atoms with van der Waals surface area (Å²) in [7, 11) is 0. The van der Waals surface area contributed by atoms with E-state index in [1.54, 1.807) is 16.8 Å². The Bertz CT molecular complexity index is 1440. The number of alkyl halides is 2. The standard InChI is InChI=1S/C21H18ClF2N7O2/c1-21(2)7-10(11-8-25-15-6-13(22)30-31(15)17(11)21)19(32)27-14-5-9(18(23)24)16(20(33)28-14)12-3-4-26-29-12/h3-6,8,10,18H,7H2,1-2H3,(H,26,29)(H2,27,28,32,33). The molecule has 1 amide bonds. The molecule has 1 atom stereocenters. The van der Waals surface area contributed by atoms with Crippen LogP contribution in [0.3, 0.4) is 0 Å². The molecule has 5 rings (SSSR count). The molecule has 0 spiro atoms. The summed E-state index contributed by atoms with van der Waals surface area (Å²) in [4.78, 5) is 32.6. The van der Waals surface area contributed by atoms with Crippen molar-refractivity contribution in [3.8, 4) is 11.3 Å². The lowest BCUT2D eigenvalue weighted by atomic mass is 9.88. The van der Waals surface area contributed by atoms with Crippen molar-refractivity contribution in [1.82, 2.24) is 29.8 Å². The van der Waals surface area contributed by atoms with Crippen LogP contribution in [0.4, 0.5) is 14.6 Å². The van der Waals surface area contributed by atoms with Crippen LogP contribution in [0.25, 0.3) is 16.9 Å². The summed E-state index contributed by atoms with van der Waals surface area (Å²) in [6, 6.07) is 4.11. The number of amides is 1. The van der Waals surface area contributed by atoms with Gasteiger partial charge in [0.1, 0.15) is 5.82 Å². The van der Waals surface area contributed by atoms with Crippen LogP contribution in [0.1, 0.15) is 49.4 Å². The number of hydrogen-bond donors (Lipinski definition) is 3. The maximum atomic E-state index is 13.7. The molecule has 4 heterocycles. The van der Waals surface area contributed by atoms with E-state index >= 15 is 0 Å². The van der Waals surface area contributed by atoms with E-state index in [0.717, 1.165) is 11.8 Å². The van der Waals surface area contributed by atoms with Crippen LogP contribution < -0.4 is 10.9 Å². The van der Waals surface area contributed by atoms with Crippen molar-refractivity contribution in [2.45, 2.75) is 38.0 Å². The Morgan fingerprint density at radius 1 is 1.36 bits per heavy atom. The molecule has 0 bridgehead atoms. The lowest BCUT2D eigenvalue weighted by molar-refractivity contribution is -0.117. The molecule has 4 aromatic heterocycles. The largest absolute Gasteiger partial charge is 0.312 e. The Kier molecular flexibility index (Phi) is 4.82. The molecule has 1 unspecified atom stereocenters. The highest BCUT2D eigenvalue weighted by atomic mass is 35.5. The fraction of sp³-hybridized carbons (Fsp3) is 0.286. The van der Waals surface area contributed by atoms with E-state index in [1.807, 2.05) is 13.8 Å². The molecule has 0 aliphatic heterocycles. The third kappa shape index (κ3) is 3.48. The number of aromatic amines is 2. The molecule has 33 heavy (non-hydrogen) atoms. The van der Waals surface area contributed by atoms with Crippen LogP contribution in [0.15, 0.2) is 35.4 Å². The Morgan fingerprint density at radius 3 is 2.85 bits per heavy atom. The number of nitrogens with one attached hydrogen (secondary N) is 3. The van der Waals surface area contributed by atoms with E-state index in [9.17, 15) is 18.4 Å². The van der Waals surface area contributed by atoms with Gasteiger partial charge in [-0.2, -0.15) is 10.2 Å². The first-order valence-corrected chi connectivity index (χ1v) is 10.4. The summed E-state index contributed by atoms with van der Waals surface area (Å²) in [5.74, 6) is -1.20. The quantitative estimate of drug-likeness (QED) is 0.416. The fourth-order valence-electron chi connectivity index (χ4n) is 4.51. The number of hydrogen-bond acceptors (Lipinski definition) is 5. The van der Waals surface area contributed by atoms with E-state index in [0.29, 0.717) is 17.6 Å². The average Bonchev–Trinajstić information content (AvgIpc) is 3.44. The van der Waals surface area contributed by atoms with Gasteiger partial charge >= 0.3 is 0 Å². The summed E-state index contributed by atoms with van der Waals surface area (Å²) in [5.41, 5.74) is 0.243. The van der Waals surface area contributed by atoms with Crippen LogP contribution in [0, 0.1) is 0 Å². The van der Waals surface area contributed by atoms with E-state index in [4.69, 9.17) is 11.6 Å². The minimum Gasteiger partial charge on any atom is -0.312 e. The second-order valence-corrected chi connectivity index (χ2v) is 8.93. The zero-order chi connectivity index (χ0) is 23.5. The SMILES string of the molecule is CC1(C)CC(C(=O)Nc2cc(C(F)F)c(-c3ccn[nH]3)c(=O)[nH]2)c2cnc3cc(Cl)nn3c21. The minimum atomic E-state index is -2.94. The number of fused-ring (bicyclic) bond motifs is 3. The molecule has 1 aliphatic carbocycles. The molecular weight excluding hydrogens is 456 g/mol. The molecule has 3 N–H and O–H groups in total. The number of nitrogens with zero attached hydrogens (tertiary/aromatic N) is 4. The summed E-state index contributed by atoms with van der Waals surface area (Å²) in [5, 5.41) is 13.4. The second kappa shape index (κ2) is 7.48. The number of anilines is 1. The van der Waals surface area contributed by atoms with Crippen LogP contribution in [-0.2, 0) is 10.2 Å². The molecule has 0 saturated heterocycles. The number of pyridine rings is 1. The number of carbonyl (C=O) groups is 1. The summed E-state index contributed by atoms with van der Waals surface area (Å²) < 4.78 is 29.1. The van der Waals surface area contributed by atoms with Crippen molar-refractivity contribution in [3.63, 3.8) is 0 Å². The third-order valence-corrected chi connectivity index (χ3v) is 6.04. The van der Waals surface area contributed by atoms with Gasteiger partial charge in [0.25, 0.3) is 12.0 Å². The number of halogens is 3. The van der Waals surface area contributed by atoms with Gasteiger partial charge in [-0.15, -0.1) is 0 Å². The van der Waals surface area contributed by atoms with Gasteiger partial charge in [-0.3, -0.25) is 14.7 Å². The highest BCUT2D eigenvalue weighted by molar-refractivity contribution is 6.29. The van der Waals surface area contributed by atoms with Crippen molar-refractivity contribution in [1.29, 1.82) is 0 Å². The predicted octanol–water partition coefficient (Wildman–Crippen LogP) is 3.80. The first-order chi connectivity index (χ1) is 15.7. The molecular formula is C21H18ClF2N7O2. The van der Waals surface area contributed by atoms with E-state index < -0.39 is 34.8 Å². The number of H-pyrrole nitrogens is 2. The molecule has 170 valence electrons. The zero-order valence-corrected chi connectivity index (χ0v) is 18.2. The van der Waals surface area contributed by atoms with Crippen LogP contribution in [-0.4, -0.2) is 35.7 Å². The van der Waals surface area contributed by atoms with Crippen molar-refractivity contribution in [3.05, 3.63) is 62.9 Å². The number of carbonyl (C=O) groups excluding carboxylic acids is 1. The highest BCUT2D eigenvalue weighted by Gasteiger charge is 2.43. The van der Waals surface area contributed by atoms with Gasteiger partial charge in [0.15, 0.2) is 10.8 Å². The predicted molar refractivity (Wildman–Crippen MR) is 117 cm³/mol. The summed E-state index contributed by atoms with van der Waals surface area (Å²) >= 11 is 6.04. The van der Waals surface area contributed by atoms with Gasteiger partial charge in [-0.1, -0.05) is 25.4 Å². The summed E-state index contributed by atoms with van der Waals surface area (Å²) in [6.07, 6.45) is 0.465. The van der Waals surface area contributed by atoms with Gasteiger partial charge in [0.2, 0.25) is 5.91 Å². The van der Waals surface area contributed by atoms with Gasteiger partial charge < -0.3 is 10.3 Å². The van der Waals surface area contributed by atoms with Crippen LogP contribution >= 0.6 is 11.6 Å². The lowest BCUT2D eigenvalue weighted by Gasteiger charge is -2.19. The van der Waals surface area contributed by atoms with Gasteiger partial charge in [-0.05, 0) is 18.6 Å². The monoisotopic (exact) mass is 473 g/mol. The molecule has 12 heteroatoms. The lowest BCUT2D eigenvalue weighted by Crippen LogP contribution is -2.24. The highest BCUT2D eigenvalue weighted by Crippen LogP contribution is 2.46. The third-order valence-electron chi connectivity index (χ3n) is 5.86. The van der Waals surface area contributed by atoms with E-state index in [1.165, 1.54) is 12.3 Å². The van der Waals surface area contributed by atoms with Crippen molar-refractivity contribution < 1.29 is 13.6 Å². The Hall–Kier alpha value is -3.60. The average molecular weight is 474 g/mol. The van der Waals surface area contributed by atoms with Gasteiger partial charge in [0, 0.05) is 35.0 Å². The van der Waals surface area contributed by atoms with Gasteiger partial charge in [0.05, 0.1) is 22.9 Å². The Morgan fingerprint density at radius 2 is 2.15 bits per heavy atom. The maximum Gasteiger partial charge on any atom is 0.264 e. The maximum absolute atomic E-state index is 13.7. The molecule has 1 aliphatic rings. The van der Waals surface area contributed by atoms with Crippen molar-refractivity contribution >= 4 is 29.0 Å². The molecule has 0 radical (unpaired) electrons. The normalized spacial score (nSPS) is 17.0. The molecule has 9 nitrogen and oxygen atoms in total. The van der Waals surface area contributed by atoms with Gasteiger partial charge in [-0.25, -0.2) is 18.3 Å². The van der Waals surface area contributed by atoms with Crippen molar-refractivity contribution in [2.24, 2.45) is 0 Å². The van der Waals surface area contributed by atoms with E-state index in [-0.39, 0.29) is 22.2 Å². The molecule has 0 aromatic carbocycles. The molecule has 0 saturated carbocycles. The first-order valence-electron chi connectivity index (χ1n) is 10.1. The Balaban J connectivity index is 1.51. The fourth-order valence-corrected chi connectivity index (χ4v) is 4.69. The summed E-state index contributed by atoms with van der Waals surface area (Å²) in [6.45, 7) is 3.95. The second-order valence-electron chi connectivity index (χ2n) is 8.54. The van der Waals surface area contributed by atoms with E-state index in [2.05, 4.69) is 30.6 Å². The van der Waals surface area contributed by atoms with Crippen LogP contribution in [0.2, 0.25) is 5.15 Å². The van der Waals surface area contributed by atoms with Crippen molar-refractivity contribution in [2.75, 3.05) is 5.32 Å². The first kappa shape index (κ1) is 21.3. The molecule has 4 aromatic rings. The number of aromatic nitrogens is 6. The minimum absolute atomic E-state index is 0.119. The van der Waals surface area contributed by atoms with Crippen LogP contribution in [0.5, 0.6) is 0 Å². The topological polar surface area (TPSA) is 121 Å². The molecule has 0 fully saturated rings.